The smallest absolute Gasteiger partial charge is 0.224 e. The van der Waals surface area contributed by atoms with Crippen molar-refractivity contribution in [3.8, 4) is 0 Å². The Morgan fingerprint density at radius 1 is 1.56 bits per heavy atom. The van der Waals surface area contributed by atoms with Crippen molar-refractivity contribution in [3.63, 3.8) is 0 Å². The van der Waals surface area contributed by atoms with Gasteiger partial charge in [-0.05, 0) is 24.8 Å². The molecular weight excluding hydrogens is 228 g/mol. The molecule has 0 aromatic carbocycles. The van der Waals surface area contributed by atoms with Gasteiger partial charge in [-0.1, -0.05) is 13.8 Å². The van der Waals surface area contributed by atoms with Crippen molar-refractivity contribution in [3.05, 3.63) is 12.3 Å². The third-order valence-corrected chi connectivity index (χ3v) is 3.42. The van der Waals surface area contributed by atoms with Crippen LogP contribution in [0.5, 0.6) is 0 Å². The summed E-state index contributed by atoms with van der Waals surface area (Å²) >= 11 is 0. The summed E-state index contributed by atoms with van der Waals surface area (Å²) in [4.78, 5) is 10.8. The summed E-state index contributed by atoms with van der Waals surface area (Å²) in [5, 5.41) is 13.1. The minimum atomic E-state index is -0.263. The molecule has 1 aromatic rings. The molecular formula is C13H22N4O. The second-order valence-electron chi connectivity index (χ2n) is 4.94. The van der Waals surface area contributed by atoms with Gasteiger partial charge in [0.2, 0.25) is 5.95 Å². The first-order valence-corrected chi connectivity index (χ1v) is 6.70. The fourth-order valence-electron chi connectivity index (χ4n) is 2.10. The lowest BCUT2D eigenvalue weighted by Gasteiger charge is -2.35. The Kier molecular flexibility index (Phi) is 4.36. The molecule has 2 atom stereocenters. The Morgan fingerprint density at radius 2 is 2.39 bits per heavy atom. The number of anilines is 2. The zero-order valence-electron chi connectivity index (χ0n) is 11.1. The van der Waals surface area contributed by atoms with Gasteiger partial charge in [0, 0.05) is 25.8 Å². The van der Waals surface area contributed by atoms with Crippen LogP contribution in [0.25, 0.3) is 0 Å². The Labute approximate surface area is 108 Å². The van der Waals surface area contributed by atoms with E-state index in [1.807, 2.05) is 6.07 Å². The lowest BCUT2D eigenvalue weighted by molar-refractivity contribution is 0.102. The number of β-amino-alcohol motifs (C(OH)–C–C–N with tert-alkyl or cyclic N) is 1. The van der Waals surface area contributed by atoms with E-state index in [0.717, 1.165) is 31.7 Å². The number of aromatic nitrogens is 2. The van der Waals surface area contributed by atoms with Gasteiger partial charge >= 0.3 is 0 Å². The van der Waals surface area contributed by atoms with E-state index in [-0.39, 0.29) is 6.10 Å². The summed E-state index contributed by atoms with van der Waals surface area (Å²) < 4.78 is 0. The third kappa shape index (κ3) is 3.10. The second-order valence-corrected chi connectivity index (χ2v) is 4.94. The molecule has 0 aliphatic carbocycles. The van der Waals surface area contributed by atoms with Gasteiger partial charge in [-0.3, -0.25) is 0 Å². The minimum Gasteiger partial charge on any atom is -0.391 e. The Balaban J connectivity index is 2.04. The summed E-state index contributed by atoms with van der Waals surface area (Å²) in [5.74, 6) is 1.94. The highest BCUT2D eigenvalue weighted by molar-refractivity contribution is 5.43. The van der Waals surface area contributed by atoms with Crippen LogP contribution in [0.4, 0.5) is 11.8 Å². The van der Waals surface area contributed by atoms with Gasteiger partial charge in [0.15, 0.2) is 0 Å². The topological polar surface area (TPSA) is 61.3 Å². The molecule has 2 N–H and O–H groups in total. The number of piperidine rings is 1. The van der Waals surface area contributed by atoms with E-state index >= 15 is 0 Å². The van der Waals surface area contributed by atoms with E-state index in [1.54, 1.807) is 6.20 Å². The molecule has 0 amide bonds. The van der Waals surface area contributed by atoms with Crippen LogP contribution in [0.15, 0.2) is 12.3 Å². The molecule has 0 bridgehead atoms. The third-order valence-electron chi connectivity index (χ3n) is 3.42. The predicted octanol–water partition coefficient (Wildman–Crippen LogP) is 1.51. The van der Waals surface area contributed by atoms with Crippen molar-refractivity contribution in [2.24, 2.45) is 5.92 Å². The number of aliphatic hydroxyl groups excluding tert-OH is 1. The molecule has 2 unspecified atom stereocenters. The van der Waals surface area contributed by atoms with Crippen LogP contribution in [0, 0.1) is 5.92 Å². The molecule has 0 saturated carbocycles. The van der Waals surface area contributed by atoms with Gasteiger partial charge in [0.1, 0.15) is 5.82 Å². The van der Waals surface area contributed by atoms with Gasteiger partial charge in [-0.15, -0.1) is 0 Å². The molecule has 100 valence electrons. The van der Waals surface area contributed by atoms with Crippen molar-refractivity contribution in [2.45, 2.75) is 32.8 Å². The molecule has 1 aromatic heterocycles. The molecule has 0 radical (unpaired) electrons. The number of rotatable bonds is 4. The first-order chi connectivity index (χ1) is 8.70. The lowest BCUT2D eigenvalue weighted by Crippen LogP contribution is -2.43. The van der Waals surface area contributed by atoms with E-state index in [9.17, 15) is 5.11 Å². The van der Waals surface area contributed by atoms with E-state index in [2.05, 4.69) is 34.0 Å². The monoisotopic (exact) mass is 250 g/mol. The highest BCUT2D eigenvalue weighted by atomic mass is 16.3. The molecule has 2 heterocycles. The predicted molar refractivity (Wildman–Crippen MR) is 72.8 cm³/mol. The fourth-order valence-corrected chi connectivity index (χ4v) is 2.10. The first-order valence-electron chi connectivity index (χ1n) is 6.70. The number of hydrogen-bond donors (Lipinski definition) is 2. The highest BCUT2D eigenvalue weighted by Gasteiger charge is 2.25. The summed E-state index contributed by atoms with van der Waals surface area (Å²) in [7, 11) is 0. The highest BCUT2D eigenvalue weighted by Crippen LogP contribution is 2.22. The number of nitrogens with zero attached hydrogens (tertiary/aromatic N) is 3. The van der Waals surface area contributed by atoms with Crippen molar-refractivity contribution in [1.29, 1.82) is 0 Å². The molecule has 2 rings (SSSR count). The number of hydrogen-bond acceptors (Lipinski definition) is 5. The van der Waals surface area contributed by atoms with Crippen molar-refractivity contribution in [2.75, 3.05) is 29.9 Å². The molecule has 5 heteroatoms. The lowest BCUT2D eigenvalue weighted by atomic mass is 9.96. The van der Waals surface area contributed by atoms with Crippen LogP contribution in [0.3, 0.4) is 0 Å². The SMILES string of the molecule is CCCNc1nccc(N2CCC(C)C(O)C2)n1. The van der Waals surface area contributed by atoms with Crippen LogP contribution in [0.1, 0.15) is 26.7 Å². The van der Waals surface area contributed by atoms with Gasteiger partial charge in [0.05, 0.1) is 6.10 Å². The zero-order valence-corrected chi connectivity index (χ0v) is 11.1. The quantitative estimate of drug-likeness (QED) is 0.848. The van der Waals surface area contributed by atoms with Crippen LogP contribution in [0.2, 0.25) is 0 Å². The van der Waals surface area contributed by atoms with E-state index < -0.39 is 0 Å². The average molecular weight is 250 g/mol. The fraction of sp³-hybridized carbons (Fsp3) is 0.692. The van der Waals surface area contributed by atoms with Gasteiger partial charge in [0.25, 0.3) is 0 Å². The van der Waals surface area contributed by atoms with E-state index in [0.29, 0.717) is 18.4 Å². The Morgan fingerprint density at radius 3 is 3.11 bits per heavy atom. The first kappa shape index (κ1) is 13.1. The van der Waals surface area contributed by atoms with Crippen molar-refractivity contribution >= 4 is 11.8 Å². The number of aliphatic hydroxyl groups is 1. The second kappa shape index (κ2) is 6.00. The average Bonchev–Trinajstić information content (AvgIpc) is 2.40. The number of nitrogens with one attached hydrogen (secondary N) is 1. The maximum absolute atomic E-state index is 9.92. The molecule has 0 spiro atoms. The molecule has 1 saturated heterocycles. The Bertz CT molecular complexity index is 385. The standard InChI is InChI=1S/C13H22N4O/c1-3-6-14-13-15-7-4-12(16-13)17-8-5-10(2)11(18)9-17/h4,7,10-11,18H,3,5-6,8-9H2,1-2H3,(H,14,15,16). The summed E-state index contributed by atoms with van der Waals surface area (Å²) in [6.07, 6.45) is 3.56. The summed E-state index contributed by atoms with van der Waals surface area (Å²) in [6, 6.07) is 1.90. The Hall–Kier alpha value is -1.36. The van der Waals surface area contributed by atoms with Crippen LogP contribution in [-0.2, 0) is 0 Å². The molecule has 1 aliphatic heterocycles. The van der Waals surface area contributed by atoms with Gasteiger partial charge in [-0.25, -0.2) is 4.98 Å². The molecule has 18 heavy (non-hydrogen) atoms. The van der Waals surface area contributed by atoms with Crippen molar-refractivity contribution in [1.82, 2.24) is 9.97 Å². The zero-order chi connectivity index (χ0) is 13.0. The van der Waals surface area contributed by atoms with Gasteiger partial charge in [-0.2, -0.15) is 4.98 Å². The van der Waals surface area contributed by atoms with Crippen LogP contribution >= 0.6 is 0 Å². The van der Waals surface area contributed by atoms with E-state index in [1.165, 1.54) is 0 Å². The molecule has 1 aliphatic rings. The van der Waals surface area contributed by atoms with Crippen LogP contribution < -0.4 is 10.2 Å². The molecule has 1 fully saturated rings. The normalized spacial score (nSPS) is 24.1. The van der Waals surface area contributed by atoms with Crippen molar-refractivity contribution < 1.29 is 5.11 Å². The van der Waals surface area contributed by atoms with Crippen LogP contribution in [-0.4, -0.2) is 40.8 Å². The summed E-state index contributed by atoms with van der Waals surface area (Å²) in [5.41, 5.74) is 0. The largest absolute Gasteiger partial charge is 0.391 e. The van der Waals surface area contributed by atoms with Gasteiger partial charge < -0.3 is 15.3 Å². The molecule has 5 nitrogen and oxygen atoms in total. The maximum Gasteiger partial charge on any atom is 0.224 e. The minimum absolute atomic E-state index is 0.263. The summed E-state index contributed by atoms with van der Waals surface area (Å²) in [6.45, 7) is 6.69. The maximum atomic E-state index is 9.92. The van der Waals surface area contributed by atoms with E-state index in [4.69, 9.17) is 0 Å².